The maximum absolute atomic E-state index is 10.7. The van der Waals surface area contributed by atoms with Crippen molar-refractivity contribution in [3.8, 4) is 6.07 Å². The molecule has 1 rings (SSSR count). The Bertz CT molecular complexity index is 463. The van der Waals surface area contributed by atoms with Crippen LogP contribution in [-0.4, -0.2) is 9.91 Å². The first kappa shape index (κ1) is 10.9. The minimum Gasteiger partial charge on any atom is -0.307 e. The van der Waals surface area contributed by atoms with Crippen LogP contribution in [0.5, 0.6) is 0 Å². The van der Waals surface area contributed by atoms with Crippen LogP contribution in [0.15, 0.2) is 0 Å². The van der Waals surface area contributed by atoms with Crippen molar-refractivity contribution in [3.63, 3.8) is 0 Å². The third-order valence-corrected chi connectivity index (χ3v) is 2.02. The van der Waals surface area contributed by atoms with Crippen molar-refractivity contribution in [2.45, 2.75) is 13.8 Å². The summed E-state index contributed by atoms with van der Waals surface area (Å²) in [4.78, 5) is 14.0. The van der Waals surface area contributed by atoms with Gasteiger partial charge in [-0.1, -0.05) is 0 Å². The number of nitrogens with one attached hydrogen (secondary N) is 1. The quantitative estimate of drug-likeness (QED) is 0.420. The van der Waals surface area contributed by atoms with Gasteiger partial charge in [0.2, 0.25) is 0 Å². The summed E-state index contributed by atoms with van der Waals surface area (Å²) in [6.45, 7) is 2.99. The van der Waals surface area contributed by atoms with E-state index in [2.05, 4.69) is 10.4 Å². The Morgan fingerprint density at radius 1 is 1.60 bits per heavy atom. The number of nitrogens with zero attached hydrogens (tertiary/aromatic N) is 3. The summed E-state index contributed by atoms with van der Waals surface area (Å²) in [6, 6.07) is 1.83. The normalized spacial score (nSPS) is 9.47. The van der Waals surface area contributed by atoms with Gasteiger partial charge in [0.05, 0.1) is 10.5 Å². The van der Waals surface area contributed by atoms with Crippen LogP contribution >= 0.6 is 0 Å². The monoisotopic (exact) mass is 207 g/mol. The number of aryl methyl sites for hydroxylation is 1. The summed E-state index contributed by atoms with van der Waals surface area (Å²) in [5.74, 6) is 5.31. The molecule has 0 unspecified atom stereocenters. The zero-order chi connectivity index (χ0) is 11.6. The largest absolute Gasteiger partial charge is 0.307 e. The molecule has 3 N–H and O–H groups in total. The molecule has 0 amide bonds. The number of nitrogens with two attached hydrogens (primary N) is 1. The van der Waals surface area contributed by atoms with Gasteiger partial charge >= 0.3 is 0 Å². The van der Waals surface area contributed by atoms with E-state index < -0.39 is 4.92 Å². The average Bonchev–Trinajstić information content (AvgIpc) is 2.16. The van der Waals surface area contributed by atoms with Gasteiger partial charge in [0, 0.05) is 0 Å². The lowest BCUT2D eigenvalue weighted by Gasteiger charge is -2.07. The van der Waals surface area contributed by atoms with Gasteiger partial charge in [-0.3, -0.25) is 10.1 Å². The summed E-state index contributed by atoms with van der Waals surface area (Å²) in [5.41, 5.74) is 2.68. The highest BCUT2D eigenvalue weighted by molar-refractivity contribution is 5.63. The van der Waals surface area contributed by atoms with Crippen LogP contribution in [0, 0.1) is 35.3 Å². The molecule has 0 saturated heterocycles. The summed E-state index contributed by atoms with van der Waals surface area (Å²) >= 11 is 0. The smallest absolute Gasteiger partial charge is 0.294 e. The fraction of sp³-hybridized carbons (Fsp3) is 0.250. The number of hydrogen-bond acceptors (Lipinski definition) is 6. The minimum absolute atomic E-state index is 0.0924. The second kappa shape index (κ2) is 3.89. The Balaban J connectivity index is 3.61. The van der Waals surface area contributed by atoms with E-state index in [9.17, 15) is 10.1 Å². The van der Waals surface area contributed by atoms with Crippen LogP contribution in [0.2, 0.25) is 0 Å². The molecular formula is C8H9N5O2. The van der Waals surface area contributed by atoms with Gasteiger partial charge in [-0.2, -0.15) is 5.26 Å². The lowest BCUT2D eigenvalue weighted by Crippen LogP contribution is -2.13. The average molecular weight is 207 g/mol. The van der Waals surface area contributed by atoms with Gasteiger partial charge in [0.1, 0.15) is 17.3 Å². The third-order valence-electron chi connectivity index (χ3n) is 2.02. The summed E-state index contributed by atoms with van der Waals surface area (Å²) < 4.78 is 0. The molecule has 0 aliphatic heterocycles. The van der Waals surface area contributed by atoms with Gasteiger partial charge in [0.25, 0.3) is 5.69 Å². The predicted molar refractivity (Wildman–Crippen MR) is 52.9 cm³/mol. The van der Waals surface area contributed by atoms with Crippen molar-refractivity contribution in [2.75, 3.05) is 5.43 Å². The second-order valence-electron chi connectivity index (χ2n) is 2.91. The van der Waals surface area contributed by atoms with Gasteiger partial charge in [-0.25, -0.2) is 10.8 Å². The zero-order valence-electron chi connectivity index (χ0n) is 8.24. The molecular weight excluding hydrogens is 198 g/mol. The third kappa shape index (κ3) is 1.70. The van der Waals surface area contributed by atoms with Crippen molar-refractivity contribution < 1.29 is 4.92 Å². The van der Waals surface area contributed by atoms with E-state index in [1.165, 1.54) is 13.8 Å². The topological polar surface area (TPSA) is 118 Å². The van der Waals surface area contributed by atoms with E-state index in [4.69, 9.17) is 11.1 Å². The molecule has 0 bridgehead atoms. The number of rotatable bonds is 2. The molecule has 0 aliphatic carbocycles. The standard InChI is InChI=1S/C8H9N5O2/c1-4-6(3-9)8(12-10)11-5(2)7(4)13(14)15/h10H2,1-2H3,(H,11,12). The predicted octanol–water partition coefficient (Wildman–Crippen LogP) is 0.764. The summed E-state index contributed by atoms with van der Waals surface area (Å²) in [6.07, 6.45) is 0. The number of aromatic nitrogens is 1. The van der Waals surface area contributed by atoms with Gasteiger partial charge in [0.15, 0.2) is 5.82 Å². The van der Waals surface area contributed by atoms with Crippen molar-refractivity contribution in [1.82, 2.24) is 4.98 Å². The lowest BCUT2D eigenvalue weighted by molar-refractivity contribution is -0.386. The van der Waals surface area contributed by atoms with E-state index in [0.717, 1.165) is 0 Å². The van der Waals surface area contributed by atoms with Gasteiger partial charge in [-0.05, 0) is 13.8 Å². The molecule has 7 nitrogen and oxygen atoms in total. The zero-order valence-corrected chi connectivity index (χ0v) is 8.24. The lowest BCUT2D eigenvalue weighted by atomic mass is 10.1. The van der Waals surface area contributed by atoms with Crippen molar-refractivity contribution in [2.24, 2.45) is 5.84 Å². The fourth-order valence-electron chi connectivity index (χ4n) is 1.35. The number of hydrogen-bond donors (Lipinski definition) is 2. The van der Waals surface area contributed by atoms with Crippen LogP contribution in [0.1, 0.15) is 16.8 Å². The highest BCUT2D eigenvalue weighted by Gasteiger charge is 2.22. The molecule has 1 heterocycles. The van der Waals surface area contributed by atoms with E-state index in [0.29, 0.717) is 0 Å². The molecule has 0 fully saturated rings. The number of nitro groups is 1. The first-order valence-corrected chi connectivity index (χ1v) is 4.05. The van der Waals surface area contributed by atoms with Gasteiger partial charge < -0.3 is 5.43 Å². The molecule has 7 heteroatoms. The number of hydrazine groups is 1. The maximum atomic E-state index is 10.7. The van der Waals surface area contributed by atoms with Crippen LogP contribution in [-0.2, 0) is 0 Å². The highest BCUT2D eigenvalue weighted by Crippen LogP contribution is 2.27. The molecule has 15 heavy (non-hydrogen) atoms. The van der Waals surface area contributed by atoms with Crippen LogP contribution in [0.25, 0.3) is 0 Å². The Hall–Kier alpha value is -2.20. The van der Waals surface area contributed by atoms with Crippen LogP contribution in [0.3, 0.4) is 0 Å². The number of nitrogen functional groups attached to an aromatic ring is 1. The number of anilines is 1. The summed E-state index contributed by atoms with van der Waals surface area (Å²) in [5, 5.41) is 19.5. The van der Waals surface area contributed by atoms with Crippen LogP contribution in [0.4, 0.5) is 11.5 Å². The Kier molecular flexibility index (Phi) is 2.82. The molecule has 0 spiro atoms. The van der Waals surface area contributed by atoms with E-state index in [-0.39, 0.29) is 28.3 Å². The fourth-order valence-corrected chi connectivity index (χ4v) is 1.35. The molecule has 0 saturated carbocycles. The van der Waals surface area contributed by atoms with Crippen molar-refractivity contribution in [1.29, 1.82) is 5.26 Å². The molecule has 1 aromatic heterocycles. The molecule has 78 valence electrons. The first-order valence-electron chi connectivity index (χ1n) is 4.05. The molecule has 1 aromatic rings. The van der Waals surface area contributed by atoms with Crippen molar-refractivity contribution >= 4 is 11.5 Å². The van der Waals surface area contributed by atoms with E-state index in [1.54, 1.807) is 0 Å². The summed E-state index contributed by atoms with van der Waals surface area (Å²) in [7, 11) is 0. The van der Waals surface area contributed by atoms with E-state index in [1.807, 2.05) is 6.07 Å². The first-order chi connectivity index (χ1) is 7.02. The number of pyridine rings is 1. The maximum Gasteiger partial charge on any atom is 0.294 e. The highest BCUT2D eigenvalue weighted by atomic mass is 16.6. The Morgan fingerprint density at radius 3 is 2.60 bits per heavy atom. The minimum atomic E-state index is -0.557. The molecule has 0 aliphatic rings. The Labute approximate surface area is 85.7 Å². The molecule has 0 aromatic carbocycles. The van der Waals surface area contributed by atoms with E-state index >= 15 is 0 Å². The van der Waals surface area contributed by atoms with Gasteiger partial charge in [-0.15, -0.1) is 0 Å². The van der Waals surface area contributed by atoms with Crippen molar-refractivity contribution in [3.05, 3.63) is 26.9 Å². The van der Waals surface area contributed by atoms with Crippen LogP contribution < -0.4 is 11.3 Å². The molecule has 0 radical (unpaired) electrons. The molecule has 0 atom stereocenters. The number of nitriles is 1. The Morgan fingerprint density at radius 2 is 2.20 bits per heavy atom. The SMILES string of the molecule is Cc1nc(NN)c(C#N)c(C)c1[N+](=O)[O-]. The second-order valence-corrected chi connectivity index (χ2v) is 2.91.